The zero-order chi connectivity index (χ0) is 17.9. The van der Waals surface area contributed by atoms with E-state index in [0.717, 1.165) is 18.4 Å². The van der Waals surface area contributed by atoms with E-state index >= 15 is 0 Å². The third-order valence-electron chi connectivity index (χ3n) is 4.60. The molecule has 1 aromatic heterocycles. The molecule has 3 rings (SSSR count). The van der Waals surface area contributed by atoms with Gasteiger partial charge in [-0.1, -0.05) is 50.6 Å². The normalized spacial score (nSPS) is 20.2. The van der Waals surface area contributed by atoms with Crippen LogP contribution < -0.4 is 5.32 Å². The van der Waals surface area contributed by atoms with Crippen LogP contribution >= 0.6 is 0 Å². The lowest BCUT2D eigenvalue weighted by molar-refractivity contribution is -0.132. The van der Waals surface area contributed by atoms with Gasteiger partial charge in [-0.15, -0.1) is 5.10 Å². The number of aromatic nitrogens is 4. The van der Waals surface area contributed by atoms with Crippen molar-refractivity contribution in [2.45, 2.75) is 51.7 Å². The molecular weight excluding hydrogens is 320 g/mol. The SMILES string of the molecule is CCCCn1nnnc1CN1C(=O)N[C@@](CC)(c2ccccc2)C1=O. The molecule has 2 aromatic rings. The first-order chi connectivity index (χ1) is 12.1. The molecule has 0 unspecified atom stereocenters. The summed E-state index contributed by atoms with van der Waals surface area (Å²) in [4.78, 5) is 26.8. The van der Waals surface area contributed by atoms with Gasteiger partial charge in [0.05, 0.1) is 6.54 Å². The van der Waals surface area contributed by atoms with Crippen LogP contribution in [-0.4, -0.2) is 37.0 Å². The van der Waals surface area contributed by atoms with E-state index in [9.17, 15) is 9.59 Å². The summed E-state index contributed by atoms with van der Waals surface area (Å²) in [5.74, 6) is 0.244. The van der Waals surface area contributed by atoms with Crippen LogP contribution in [0.3, 0.4) is 0 Å². The monoisotopic (exact) mass is 342 g/mol. The van der Waals surface area contributed by atoms with Crippen LogP contribution in [0.4, 0.5) is 4.79 Å². The third kappa shape index (κ3) is 2.99. The zero-order valence-corrected chi connectivity index (χ0v) is 14.5. The smallest absolute Gasteiger partial charge is 0.319 e. The standard InChI is InChI=1S/C17H22N6O2/c1-3-5-11-23-14(19-20-21-23)12-22-15(24)17(4-2,18-16(22)25)13-9-7-6-8-10-13/h6-10H,3-5,11-12H2,1-2H3,(H,18,25)/t17-/m0/s1. The number of imide groups is 1. The molecule has 0 aliphatic carbocycles. The molecule has 0 saturated carbocycles. The average molecular weight is 342 g/mol. The van der Waals surface area contributed by atoms with Gasteiger partial charge in [-0.25, -0.2) is 9.48 Å². The van der Waals surface area contributed by atoms with Gasteiger partial charge in [0.25, 0.3) is 5.91 Å². The fraction of sp³-hybridized carbons (Fsp3) is 0.471. The number of nitrogens with one attached hydrogen (secondary N) is 1. The summed E-state index contributed by atoms with van der Waals surface area (Å²) in [6.45, 7) is 4.70. The number of hydrogen-bond acceptors (Lipinski definition) is 5. The fourth-order valence-corrected chi connectivity index (χ4v) is 3.09. The van der Waals surface area contributed by atoms with E-state index in [2.05, 4.69) is 27.8 Å². The number of carbonyl (C=O) groups is 2. The summed E-state index contributed by atoms with van der Waals surface area (Å²) in [5, 5.41) is 14.5. The number of carbonyl (C=O) groups excluding carboxylic acids is 2. The number of tetrazole rings is 1. The maximum absolute atomic E-state index is 13.1. The van der Waals surface area contributed by atoms with Crippen molar-refractivity contribution in [3.63, 3.8) is 0 Å². The summed E-state index contributed by atoms with van der Waals surface area (Å²) < 4.78 is 1.65. The van der Waals surface area contributed by atoms with Gasteiger partial charge in [-0.3, -0.25) is 9.69 Å². The molecule has 1 aliphatic heterocycles. The van der Waals surface area contributed by atoms with E-state index in [0.29, 0.717) is 18.8 Å². The molecule has 1 aromatic carbocycles. The topological polar surface area (TPSA) is 93.0 Å². The van der Waals surface area contributed by atoms with Gasteiger partial charge in [0, 0.05) is 6.54 Å². The van der Waals surface area contributed by atoms with E-state index in [1.165, 1.54) is 4.90 Å². The molecule has 0 spiro atoms. The van der Waals surface area contributed by atoms with Gasteiger partial charge in [-0.05, 0) is 28.8 Å². The van der Waals surface area contributed by atoms with Crippen LogP contribution in [0.1, 0.15) is 44.5 Å². The number of benzene rings is 1. The molecule has 0 radical (unpaired) electrons. The molecule has 8 nitrogen and oxygen atoms in total. The molecule has 0 bridgehead atoms. The minimum atomic E-state index is -1.03. The summed E-state index contributed by atoms with van der Waals surface area (Å²) in [6.07, 6.45) is 2.41. The minimum Gasteiger partial charge on any atom is -0.319 e. The number of rotatable bonds is 7. The second-order valence-corrected chi connectivity index (χ2v) is 6.12. The van der Waals surface area contributed by atoms with Crippen molar-refractivity contribution in [1.29, 1.82) is 0 Å². The largest absolute Gasteiger partial charge is 0.325 e. The second-order valence-electron chi connectivity index (χ2n) is 6.12. The van der Waals surface area contributed by atoms with Crippen LogP contribution in [0, 0.1) is 0 Å². The van der Waals surface area contributed by atoms with Crippen LogP contribution in [-0.2, 0) is 23.4 Å². The summed E-state index contributed by atoms with van der Waals surface area (Å²) in [7, 11) is 0. The summed E-state index contributed by atoms with van der Waals surface area (Å²) in [5.41, 5.74) is -0.246. The predicted octanol–water partition coefficient (Wildman–Crippen LogP) is 1.83. The van der Waals surface area contributed by atoms with Gasteiger partial charge in [-0.2, -0.15) is 0 Å². The van der Waals surface area contributed by atoms with Crippen molar-refractivity contribution in [3.05, 3.63) is 41.7 Å². The first-order valence-corrected chi connectivity index (χ1v) is 8.57. The van der Waals surface area contributed by atoms with Crippen LogP contribution in [0.15, 0.2) is 30.3 Å². The molecule has 1 N–H and O–H groups in total. The molecule has 1 fully saturated rings. The van der Waals surface area contributed by atoms with Crippen molar-refractivity contribution in [3.8, 4) is 0 Å². The van der Waals surface area contributed by atoms with Gasteiger partial charge < -0.3 is 5.32 Å². The van der Waals surface area contributed by atoms with Crippen molar-refractivity contribution in [2.24, 2.45) is 0 Å². The van der Waals surface area contributed by atoms with Crippen molar-refractivity contribution in [2.75, 3.05) is 0 Å². The molecule has 2 heterocycles. The maximum Gasteiger partial charge on any atom is 0.325 e. The molecule has 1 atom stereocenters. The predicted molar refractivity (Wildman–Crippen MR) is 90.2 cm³/mol. The Kier molecular flexibility index (Phi) is 4.78. The number of aryl methyl sites for hydroxylation is 1. The number of amides is 3. The van der Waals surface area contributed by atoms with E-state index in [1.807, 2.05) is 37.3 Å². The van der Waals surface area contributed by atoms with E-state index in [1.54, 1.807) is 4.68 Å². The molecule has 3 amide bonds. The molecule has 1 saturated heterocycles. The van der Waals surface area contributed by atoms with E-state index in [-0.39, 0.29) is 12.5 Å². The zero-order valence-electron chi connectivity index (χ0n) is 14.5. The van der Waals surface area contributed by atoms with Crippen LogP contribution in [0.2, 0.25) is 0 Å². The Morgan fingerprint density at radius 3 is 2.60 bits per heavy atom. The Balaban J connectivity index is 1.86. The molecular formula is C17H22N6O2. The lowest BCUT2D eigenvalue weighted by atomic mass is 9.87. The summed E-state index contributed by atoms with van der Waals surface area (Å²) in [6, 6.07) is 8.90. The number of nitrogens with zero attached hydrogens (tertiary/aromatic N) is 5. The highest BCUT2D eigenvalue weighted by Gasteiger charge is 2.51. The minimum absolute atomic E-state index is 0.0654. The molecule has 132 valence electrons. The quantitative estimate of drug-likeness (QED) is 0.775. The average Bonchev–Trinajstić information content (AvgIpc) is 3.18. The molecule has 1 aliphatic rings. The lowest BCUT2D eigenvalue weighted by Crippen LogP contribution is -2.43. The highest BCUT2D eigenvalue weighted by Crippen LogP contribution is 2.32. The fourth-order valence-electron chi connectivity index (χ4n) is 3.09. The van der Waals surface area contributed by atoms with Crippen LogP contribution in [0.25, 0.3) is 0 Å². The first kappa shape index (κ1) is 17.1. The molecule has 25 heavy (non-hydrogen) atoms. The first-order valence-electron chi connectivity index (χ1n) is 8.57. The molecule has 8 heteroatoms. The number of hydrogen-bond donors (Lipinski definition) is 1. The Morgan fingerprint density at radius 2 is 1.92 bits per heavy atom. The van der Waals surface area contributed by atoms with Crippen molar-refractivity contribution < 1.29 is 9.59 Å². The van der Waals surface area contributed by atoms with Crippen molar-refractivity contribution >= 4 is 11.9 Å². The second kappa shape index (κ2) is 7.00. The maximum atomic E-state index is 13.1. The number of urea groups is 1. The van der Waals surface area contributed by atoms with Gasteiger partial charge in [0.15, 0.2) is 5.82 Å². The van der Waals surface area contributed by atoms with Gasteiger partial charge in [0.2, 0.25) is 0 Å². The summed E-state index contributed by atoms with van der Waals surface area (Å²) >= 11 is 0. The highest BCUT2D eigenvalue weighted by atomic mass is 16.2. The Bertz CT molecular complexity index is 760. The number of unbranched alkanes of at least 4 members (excludes halogenated alkanes) is 1. The Hall–Kier alpha value is -2.77. The third-order valence-corrected chi connectivity index (χ3v) is 4.60. The van der Waals surface area contributed by atoms with Crippen LogP contribution in [0.5, 0.6) is 0 Å². The van der Waals surface area contributed by atoms with Crippen molar-refractivity contribution in [1.82, 2.24) is 30.4 Å². The highest BCUT2D eigenvalue weighted by molar-refractivity contribution is 6.07. The van der Waals surface area contributed by atoms with E-state index in [4.69, 9.17) is 0 Å². The van der Waals surface area contributed by atoms with E-state index < -0.39 is 11.6 Å². The van der Waals surface area contributed by atoms with Gasteiger partial charge >= 0.3 is 6.03 Å². The Morgan fingerprint density at radius 1 is 1.16 bits per heavy atom. The van der Waals surface area contributed by atoms with Gasteiger partial charge in [0.1, 0.15) is 5.54 Å². The Labute approximate surface area is 146 Å². The lowest BCUT2D eigenvalue weighted by Gasteiger charge is -2.25.